The molecule has 0 spiro atoms. The first-order valence-electron chi connectivity index (χ1n) is 12.7. The highest BCUT2D eigenvalue weighted by Gasteiger charge is 2.33. The molecule has 0 atom stereocenters. The zero-order valence-corrected chi connectivity index (χ0v) is 20.9. The summed E-state index contributed by atoms with van der Waals surface area (Å²) in [6.45, 7) is 6.58. The minimum Gasteiger partial charge on any atom is -0.490 e. The molecule has 186 valence electrons. The molecule has 1 aliphatic carbocycles. The molecule has 0 unspecified atom stereocenters. The number of aryl methyl sites for hydroxylation is 1. The number of piperidine rings is 1. The first kappa shape index (κ1) is 24.0. The fraction of sp³-hybridized carbons (Fsp3) is 0.483. The summed E-state index contributed by atoms with van der Waals surface area (Å²) in [5.41, 5.74) is 1.58. The second kappa shape index (κ2) is 9.76. The average Bonchev–Trinajstić information content (AvgIpc) is 2.83. The maximum absolute atomic E-state index is 12.7. The molecule has 0 bridgehead atoms. The monoisotopic (exact) mass is 476 g/mol. The number of ether oxygens (including phenoxy) is 2. The van der Waals surface area contributed by atoms with Crippen molar-refractivity contribution in [2.24, 2.45) is 13.0 Å². The second-order valence-corrected chi connectivity index (χ2v) is 10.6. The predicted octanol–water partition coefficient (Wildman–Crippen LogP) is 4.36. The van der Waals surface area contributed by atoms with Crippen molar-refractivity contribution in [1.82, 2.24) is 9.88 Å². The SMILES string of the molecule is Cn1cc(-c2cc(C(C)(C)O)ccc2OC2CC(OCC3CCNCC3)C2)c2ccccc2c1=O. The van der Waals surface area contributed by atoms with E-state index in [9.17, 15) is 9.90 Å². The zero-order valence-electron chi connectivity index (χ0n) is 20.9. The lowest BCUT2D eigenvalue weighted by atomic mass is 9.90. The van der Waals surface area contributed by atoms with Crippen LogP contribution in [0.1, 0.15) is 45.1 Å². The molecule has 2 N–H and O–H groups in total. The Morgan fingerprint density at radius 3 is 2.46 bits per heavy atom. The molecule has 1 saturated heterocycles. The normalized spacial score (nSPS) is 21.1. The zero-order chi connectivity index (χ0) is 24.6. The van der Waals surface area contributed by atoms with E-state index in [0.29, 0.717) is 11.3 Å². The summed E-state index contributed by atoms with van der Waals surface area (Å²) in [5.74, 6) is 1.43. The van der Waals surface area contributed by atoms with Gasteiger partial charge in [0, 0.05) is 49.2 Å². The highest BCUT2D eigenvalue weighted by Crippen LogP contribution is 2.39. The van der Waals surface area contributed by atoms with Crippen molar-refractivity contribution in [2.75, 3.05) is 19.7 Å². The largest absolute Gasteiger partial charge is 0.490 e. The summed E-state index contributed by atoms with van der Waals surface area (Å²) >= 11 is 0. The number of nitrogens with one attached hydrogen (secondary N) is 1. The topological polar surface area (TPSA) is 72.7 Å². The number of hydrogen-bond acceptors (Lipinski definition) is 5. The third-order valence-corrected chi connectivity index (χ3v) is 7.44. The summed E-state index contributed by atoms with van der Waals surface area (Å²) in [6, 6.07) is 13.5. The van der Waals surface area contributed by atoms with Crippen molar-refractivity contribution in [3.8, 4) is 16.9 Å². The molecule has 3 aromatic rings. The highest BCUT2D eigenvalue weighted by atomic mass is 16.5. The van der Waals surface area contributed by atoms with Gasteiger partial charge in [-0.15, -0.1) is 0 Å². The number of nitrogens with zero attached hydrogens (tertiary/aromatic N) is 1. The second-order valence-electron chi connectivity index (χ2n) is 10.6. The van der Waals surface area contributed by atoms with Crippen LogP contribution in [-0.4, -0.2) is 41.6 Å². The van der Waals surface area contributed by atoms with Crippen molar-refractivity contribution in [2.45, 2.75) is 57.3 Å². The van der Waals surface area contributed by atoms with Crippen LogP contribution < -0.4 is 15.6 Å². The average molecular weight is 477 g/mol. The Bertz CT molecular complexity index is 1250. The summed E-state index contributed by atoms with van der Waals surface area (Å²) in [4.78, 5) is 12.7. The summed E-state index contributed by atoms with van der Waals surface area (Å²) in [6.07, 6.45) is 6.36. The van der Waals surface area contributed by atoms with Gasteiger partial charge in [-0.25, -0.2) is 0 Å². The van der Waals surface area contributed by atoms with Crippen molar-refractivity contribution in [1.29, 1.82) is 0 Å². The lowest BCUT2D eigenvalue weighted by molar-refractivity contribution is -0.0732. The number of aromatic nitrogens is 1. The molecule has 6 nitrogen and oxygen atoms in total. The number of fused-ring (bicyclic) bond motifs is 1. The first-order chi connectivity index (χ1) is 16.8. The van der Waals surface area contributed by atoms with Crippen LogP contribution >= 0.6 is 0 Å². The van der Waals surface area contributed by atoms with E-state index in [1.165, 1.54) is 12.8 Å². The molecule has 1 aliphatic heterocycles. The van der Waals surface area contributed by atoms with E-state index in [2.05, 4.69) is 5.32 Å². The van der Waals surface area contributed by atoms with Gasteiger partial charge in [0.15, 0.2) is 0 Å². The van der Waals surface area contributed by atoms with E-state index in [-0.39, 0.29) is 17.8 Å². The van der Waals surface area contributed by atoms with Crippen molar-refractivity contribution in [3.05, 3.63) is 64.6 Å². The minimum absolute atomic E-state index is 0.0295. The molecule has 0 radical (unpaired) electrons. The highest BCUT2D eigenvalue weighted by molar-refractivity contribution is 5.97. The van der Waals surface area contributed by atoms with E-state index < -0.39 is 5.60 Å². The molecule has 1 saturated carbocycles. The minimum atomic E-state index is -0.992. The smallest absolute Gasteiger partial charge is 0.258 e. The van der Waals surface area contributed by atoms with Gasteiger partial charge < -0.3 is 24.5 Å². The van der Waals surface area contributed by atoms with Gasteiger partial charge in [0.2, 0.25) is 0 Å². The molecule has 1 aromatic heterocycles. The van der Waals surface area contributed by atoms with E-state index in [1.54, 1.807) is 25.5 Å². The first-order valence-corrected chi connectivity index (χ1v) is 12.7. The third-order valence-electron chi connectivity index (χ3n) is 7.44. The summed E-state index contributed by atoms with van der Waals surface area (Å²) in [7, 11) is 1.77. The van der Waals surface area contributed by atoms with Crippen LogP contribution in [0.25, 0.3) is 21.9 Å². The fourth-order valence-electron chi connectivity index (χ4n) is 5.10. The van der Waals surface area contributed by atoms with Crippen LogP contribution in [0.15, 0.2) is 53.5 Å². The van der Waals surface area contributed by atoms with Gasteiger partial charge in [-0.1, -0.05) is 24.3 Å². The van der Waals surface area contributed by atoms with E-state index in [1.807, 2.05) is 48.7 Å². The Morgan fingerprint density at radius 1 is 1.03 bits per heavy atom. The van der Waals surface area contributed by atoms with Crippen molar-refractivity contribution in [3.63, 3.8) is 0 Å². The molecule has 2 aromatic carbocycles. The summed E-state index contributed by atoms with van der Waals surface area (Å²) < 4.78 is 14.3. The number of hydrogen-bond donors (Lipinski definition) is 2. The molecular weight excluding hydrogens is 440 g/mol. The maximum atomic E-state index is 12.7. The molecule has 35 heavy (non-hydrogen) atoms. The lowest BCUT2D eigenvalue weighted by Gasteiger charge is -2.37. The van der Waals surface area contributed by atoms with Crippen LogP contribution in [0.5, 0.6) is 5.75 Å². The summed E-state index contributed by atoms with van der Waals surface area (Å²) in [5, 5.41) is 15.6. The fourth-order valence-corrected chi connectivity index (χ4v) is 5.10. The maximum Gasteiger partial charge on any atom is 0.258 e. The molecular formula is C29H36N2O4. The van der Waals surface area contributed by atoms with Gasteiger partial charge in [0.25, 0.3) is 5.56 Å². The Balaban J connectivity index is 1.40. The third kappa shape index (κ3) is 5.15. The van der Waals surface area contributed by atoms with Gasteiger partial charge in [-0.2, -0.15) is 0 Å². The van der Waals surface area contributed by atoms with Gasteiger partial charge in [0.1, 0.15) is 11.9 Å². The van der Waals surface area contributed by atoms with Gasteiger partial charge in [0.05, 0.1) is 11.7 Å². The Hall–Kier alpha value is -2.67. The predicted molar refractivity (Wildman–Crippen MR) is 139 cm³/mol. The molecule has 2 fully saturated rings. The van der Waals surface area contributed by atoms with Crippen molar-refractivity contribution >= 4 is 10.8 Å². The van der Waals surface area contributed by atoms with Gasteiger partial charge in [-0.3, -0.25) is 4.79 Å². The molecule has 6 heteroatoms. The van der Waals surface area contributed by atoms with Crippen LogP contribution in [0, 0.1) is 5.92 Å². The number of pyridine rings is 1. The number of aliphatic hydroxyl groups is 1. The quantitative estimate of drug-likeness (QED) is 0.530. The molecule has 0 amide bonds. The Morgan fingerprint density at radius 2 is 1.74 bits per heavy atom. The van der Waals surface area contributed by atoms with Crippen LogP contribution in [0.2, 0.25) is 0 Å². The van der Waals surface area contributed by atoms with E-state index >= 15 is 0 Å². The number of rotatable bonds is 7. The molecule has 2 aliphatic rings. The standard InChI is InChI=1S/C29H36N2O4/c1-29(2,33)20-8-9-27(35-22-15-21(16-22)34-18-19-10-12-30-13-11-19)25(14-20)26-17-31(3)28(32)24-7-5-4-6-23(24)26/h4-9,14,17,19,21-22,30,33H,10-13,15-16,18H2,1-3H3. The van der Waals surface area contributed by atoms with Gasteiger partial charge >= 0.3 is 0 Å². The lowest BCUT2D eigenvalue weighted by Crippen LogP contribution is -2.41. The molecule has 5 rings (SSSR count). The van der Waals surface area contributed by atoms with Crippen LogP contribution in [0.3, 0.4) is 0 Å². The Labute approximate surface area is 206 Å². The van der Waals surface area contributed by atoms with Gasteiger partial charge in [-0.05, 0) is 74.8 Å². The molecule has 2 heterocycles. The Kier molecular flexibility index (Phi) is 6.71. The van der Waals surface area contributed by atoms with Crippen LogP contribution in [-0.2, 0) is 17.4 Å². The van der Waals surface area contributed by atoms with E-state index in [0.717, 1.165) is 60.4 Å². The number of benzene rings is 2. The van der Waals surface area contributed by atoms with Crippen molar-refractivity contribution < 1.29 is 14.6 Å². The van der Waals surface area contributed by atoms with E-state index in [4.69, 9.17) is 9.47 Å². The van der Waals surface area contributed by atoms with Crippen LogP contribution in [0.4, 0.5) is 0 Å².